The molecule has 3 aromatic carbocycles. The Kier molecular flexibility index (Phi) is 15.8. The molecule has 0 spiro atoms. The van der Waals surface area contributed by atoms with E-state index in [0.717, 1.165) is 32.7 Å². The molecule has 206 valence electrons. The molecule has 3 nitrogen and oxygen atoms in total. The topological polar surface area (TPSA) is 38.7 Å². The molecule has 0 unspecified atom stereocenters. The molecule has 0 aliphatic carbocycles. The number of nitrogens with zero attached hydrogens (tertiary/aromatic N) is 3. The summed E-state index contributed by atoms with van der Waals surface area (Å²) in [5.74, 6) is 0. The van der Waals surface area contributed by atoms with Gasteiger partial charge < -0.3 is 9.97 Å². The van der Waals surface area contributed by atoms with Crippen molar-refractivity contribution >= 4 is 15.9 Å². The number of rotatable bonds is 2. The molecule has 0 saturated carbocycles. The van der Waals surface area contributed by atoms with Gasteiger partial charge in [0.2, 0.25) is 0 Å². The largest absolute Gasteiger partial charge is 3.00 e. The SMILES string of the molecule is Brc1c[c-]ccc1.Cc1c[c-]c(-c2ccccn2)cc1.Cc1c[c-]c(-c2ccccn2)cc1.Cc1ccccn1.[Ir+3]. The normalized spacial score (nSPS) is 9.27. The first kappa shape index (κ1) is 33.4. The predicted molar refractivity (Wildman–Crippen MR) is 168 cm³/mol. The molecule has 6 rings (SSSR count). The van der Waals surface area contributed by atoms with Gasteiger partial charge in [0.25, 0.3) is 0 Å². The van der Waals surface area contributed by atoms with Crippen LogP contribution < -0.4 is 0 Å². The number of hydrogen-bond acceptors (Lipinski definition) is 3. The van der Waals surface area contributed by atoms with E-state index in [4.69, 9.17) is 0 Å². The number of aryl methyl sites for hydroxylation is 3. The average molecular weight is 778 g/mol. The molecule has 0 fully saturated rings. The zero-order valence-corrected chi connectivity index (χ0v) is 27.2. The molecule has 0 aliphatic rings. The molecule has 0 N–H and O–H groups in total. The van der Waals surface area contributed by atoms with E-state index in [9.17, 15) is 0 Å². The summed E-state index contributed by atoms with van der Waals surface area (Å²) < 4.78 is 1.08. The fraction of sp³-hybridized carbons (Fsp3) is 0.0833. The minimum atomic E-state index is 0. The third-order valence-electron chi connectivity index (χ3n) is 5.30. The van der Waals surface area contributed by atoms with Crippen molar-refractivity contribution in [2.24, 2.45) is 0 Å². The Labute approximate surface area is 266 Å². The number of pyridine rings is 3. The molecule has 0 radical (unpaired) electrons. The van der Waals surface area contributed by atoms with E-state index in [1.54, 1.807) is 18.6 Å². The fourth-order valence-corrected chi connectivity index (χ4v) is 3.47. The van der Waals surface area contributed by atoms with Crippen LogP contribution in [0.4, 0.5) is 0 Å². The Balaban J connectivity index is 0.000000198. The molecule has 41 heavy (non-hydrogen) atoms. The van der Waals surface area contributed by atoms with E-state index in [-0.39, 0.29) is 20.1 Å². The number of benzene rings is 3. The quantitative estimate of drug-likeness (QED) is 0.165. The van der Waals surface area contributed by atoms with Crippen molar-refractivity contribution in [2.45, 2.75) is 20.8 Å². The molecule has 0 bridgehead atoms. The maximum absolute atomic E-state index is 4.25. The van der Waals surface area contributed by atoms with Gasteiger partial charge in [0.15, 0.2) is 0 Å². The van der Waals surface area contributed by atoms with Crippen molar-refractivity contribution in [3.05, 3.63) is 173 Å². The molecule has 0 amide bonds. The van der Waals surface area contributed by atoms with Crippen molar-refractivity contribution in [2.75, 3.05) is 0 Å². The zero-order chi connectivity index (χ0) is 28.4. The van der Waals surface area contributed by atoms with Crippen LogP contribution in [-0.4, -0.2) is 15.0 Å². The van der Waals surface area contributed by atoms with Crippen LogP contribution in [0.15, 0.2) is 138 Å². The maximum atomic E-state index is 4.25. The maximum Gasteiger partial charge on any atom is 3.00 e. The van der Waals surface area contributed by atoms with Crippen LogP contribution in [-0.2, 0) is 20.1 Å². The molecular weight excluding hydrogens is 747 g/mol. The summed E-state index contributed by atoms with van der Waals surface area (Å²) in [7, 11) is 0. The Bertz CT molecular complexity index is 1360. The fourth-order valence-electron chi connectivity index (χ4n) is 3.19. The van der Waals surface area contributed by atoms with Gasteiger partial charge >= 0.3 is 20.1 Å². The van der Waals surface area contributed by atoms with E-state index in [1.165, 1.54) is 11.1 Å². The van der Waals surface area contributed by atoms with Crippen molar-refractivity contribution in [3.8, 4) is 22.5 Å². The van der Waals surface area contributed by atoms with Gasteiger partial charge in [-0.25, -0.2) is 0 Å². The Morgan fingerprint density at radius 3 is 1.32 bits per heavy atom. The van der Waals surface area contributed by atoms with Crippen LogP contribution in [0.5, 0.6) is 0 Å². The summed E-state index contributed by atoms with van der Waals surface area (Å²) in [5, 5.41) is 0. The first-order chi connectivity index (χ1) is 19.5. The van der Waals surface area contributed by atoms with Crippen LogP contribution >= 0.6 is 15.9 Å². The van der Waals surface area contributed by atoms with Crippen molar-refractivity contribution in [3.63, 3.8) is 0 Å². The summed E-state index contributed by atoms with van der Waals surface area (Å²) in [6, 6.07) is 46.7. The second kappa shape index (κ2) is 19.3. The average Bonchev–Trinajstić information content (AvgIpc) is 3.01. The third kappa shape index (κ3) is 13.4. The molecule has 0 aliphatic heterocycles. The second-order valence-electron chi connectivity index (χ2n) is 8.68. The zero-order valence-electron chi connectivity index (χ0n) is 23.3. The molecule has 6 aromatic rings. The molecule has 3 heterocycles. The van der Waals surface area contributed by atoms with Crippen molar-refractivity contribution < 1.29 is 20.1 Å². The number of aromatic nitrogens is 3. The molecule has 5 heteroatoms. The van der Waals surface area contributed by atoms with Gasteiger partial charge in [-0.05, 0) is 42.6 Å². The third-order valence-corrected chi connectivity index (χ3v) is 5.79. The molecule has 0 atom stereocenters. The number of hydrogen-bond donors (Lipinski definition) is 0. The van der Waals surface area contributed by atoms with Gasteiger partial charge in [0.05, 0.1) is 0 Å². The van der Waals surface area contributed by atoms with E-state index in [1.807, 2.05) is 110 Å². The van der Waals surface area contributed by atoms with Crippen molar-refractivity contribution in [1.82, 2.24) is 15.0 Å². The van der Waals surface area contributed by atoms with Crippen LogP contribution in [0.1, 0.15) is 16.8 Å². The summed E-state index contributed by atoms with van der Waals surface area (Å²) in [5.41, 5.74) is 7.56. The summed E-state index contributed by atoms with van der Waals surface area (Å²) >= 11 is 3.28. The van der Waals surface area contributed by atoms with Gasteiger partial charge in [-0.1, -0.05) is 48.7 Å². The van der Waals surface area contributed by atoms with Gasteiger partial charge in [0.1, 0.15) is 0 Å². The van der Waals surface area contributed by atoms with Crippen LogP contribution in [0.3, 0.4) is 0 Å². The Hall–Kier alpha value is -3.76. The number of halogens is 1. The Morgan fingerprint density at radius 1 is 0.537 bits per heavy atom. The van der Waals surface area contributed by atoms with E-state index < -0.39 is 0 Å². The Morgan fingerprint density at radius 2 is 1.05 bits per heavy atom. The van der Waals surface area contributed by atoms with Crippen molar-refractivity contribution in [1.29, 1.82) is 0 Å². The first-order valence-corrected chi connectivity index (χ1v) is 13.6. The van der Waals surface area contributed by atoms with Crippen LogP contribution in [0.25, 0.3) is 22.5 Å². The van der Waals surface area contributed by atoms with Gasteiger partial charge in [-0.2, -0.15) is 30.3 Å². The molecular formula is C36H31BrIrN3. The van der Waals surface area contributed by atoms with Gasteiger partial charge in [0, 0.05) is 24.3 Å². The minimum Gasteiger partial charge on any atom is -0.305 e. The van der Waals surface area contributed by atoms with E-state index in [0.29, 0.717) is 0 Å². The summed E-state index contributed by atoms with van der Waals surface area (Å²) in [4.78, 5) is 12.5. The summed E-state index contributed by atoms with van der Waals surface area (Å²) in [6.07, 6.45) is 5.38. The van der Waals surface area contributed by atoms with E-state index >= 15 is 0 Å². The van der Waals surface area contributed by atoms with Crippen LogP contribution in [0, 0.1) is 39.0 Å². The smallest absolute Gasteiger partial charge is 0.305 e. The molecule has 0 saturated heterocycles. The second-order valence-corrected chi connectivity index (χ2v) is 9.60. The summed E-state index contributed by atoms with van der Waals surface area (Å²) in [6.45, 7) is 6.08. The van der Waals surface area contributed by atoms with Gasteiger partial charge in [-0.3, -0.25) is 4.98 Å². The predicted octanol–water partition coefficient (Wildman–Crippen LogP) is 9.35. The van der Waals surface area contributed by atoms with Crippen LogP contribution in [0.2, 0.25) is 0 Å². The van der Waals surface area contributed by atoms with Gasteiger partial charge in [-0.15, -0.1) is 86.7 Å². The van der Waals surface area contributed by atoms with E-state index in [2.05, 4.69) is 75.1 Å². The monoisotopic (exact) mass is 777 g/mol. The molecule has 3 aromatic heterocycles. The minimum absolute atomic E-state index is 0. The standard InChI is InChI=1S/2C12H10N.C6H4Br.C6H7N.Ir/c2*1-10-5-7-11(8-6-10)12-4-2-3-9-13-12;7-6-4-2-1-3-5-6;1-6-4-2-3-5-7-6;/h2*2-7,9H,1H3;1-2,4-5H;2-5H,1H3;/q3*-1;;+3. The first-order valence-electron chi connectivity index (χ1n) is 12.8.